The Hall–Kier alpha value is -2.88. The monoisotopic (exact) mass is 412 g/mol. The van der Waals surface area contributed by atoms with Gasteiger partial charge < -0.3 is 10.7 Å². The van der Waals surface area contributed by atoms with Gasteiger partial charge in [-0.2, -0.15) is 23.4 Å². The number of alkyl halides is 3. The van der Waals surface area contributed by atoms with Crippen LogP contribution >= 0.6 is 11.6 Å². The van der Waals surface area contributed by atoms with Gasteiger partial charge >= 0.3 is 6.18 Å². The van der Waals surface area contributed by atoms with E-state index in [0.29, 0.717) is 23.7 Å². The van der Waals surface area contributed by atoms with Crippen LogP contribution in [0.5, 0.6) is 0 Å². The van der Waals surface area contributed by atoms with Crippen molar-refractivity contribution in [1.82, 2.24) is 15.1 Å². The third-order valence-corrected chi connectivity index (χ3v) is 4.77. The first-order valence-electron chi connectivity index (χ1n) is 8.23. The molecule has 28 heavy (non-hydrogen) atoms. The van der Waals surface area contributed by atoms with Crippen LogP contribution in [-0.4, -0.2) is 45.0 Å². The van der Waals surface area contributed by atoms with Crippen molar-refractivity contribution in [2.45, 2.75) is 25.6 Å². The zero-order chi connectivity index (χ0) is 20.5. The maximum absolute atomic E-state index is 13.1. The van der Waals surface area contributed by atoms with Crippen molar-refractivity contribution in [2.24, 2.45) is 15.9 Å². The van der Waals surface area contributed by atoms with Gasteiger partial charge in [0, 0.05) is 18.5 Å². The van der Waals surface area contributed by atoms with E-state index in [-0.39, 0.29) is 18.2 Å². The first kappa shape index (κ1) is 19.9. The van der Waals surface area contributed by atoms with Crippen molar-refractivity contribution >= 4 is 34.7 Å². The van der Waals surface area contributed by atoms with Crippen molar-refractivity contribution in [3.05, 3.63) is 46.6 Å². The largest absolute Gasteiger partial charge is 0.417 e. The van der Waals surface area contributed by atoms with Gasteiger partial charge in [-0.15, -0.1) is 0 Å². The number of hydrazone groups is 1. The highest BCUT2D eigenvalue weighted by molar-refractivity contribution is 6.44. The normalized spacial score (nSPS) is 20.8. The number of piperidine rings is 1. The number of benzene rings is 1. The van der Waals surface area contributed by atoms with E-state index in [1.165, 1.54) is 17.2 Å². The summed E-state index contributed by atoms with van der Waals surface area (Å²) >= 11 is 5.89. The number of nitrogens with zero attached hydrogens (tertiary/aromatic N) is 4. The fourth-order valence-electron chi connectivity index (χ4n) is 2.94. The molecular weight excluding hydrogens is 397 g/mol. The van der Waals surface area contributed by atoms with E-state index in [9.17, 15) is 18.0 Å². The van der Waals surface area contributed by atoms with Crippen molar-refractivity contribution in [2.75, 3.05) is 6.54 Å². The SMILES string of the molecule is C[C@@H]1CC(=Nc2ccn[nH]2)C(=NN)CN1C(=O)c1cccc(C(F)(F)F)c1Cl. The van der Waals surface area contributed by atoms with Gasteiger partial charge in [-0.3, -0.25) is 9.89 Å². The quantitative estimate of drug-likeness (QED) is 0.584. The van der Waals surface area contributed by atoms with Gasteiger partial charge in [-0.1, -0.05) is 17.7 Å². The number of nitrogens with two attached hydrogens (primary N) is 1. The summed E-state index contributed by atoms with van der Waals surface area (Å²) in [5, 5.41) is 9.56. The zero-order valence-corrected chi connectivity index (χ0v) is 15.4. The summed E-state index contributed by atoms with van der Waals surface area (Å²) in [5.41, 5.74) is -0.366. The summed E-state index contributed by atoms with van der Waals surface area (Å²) in [6.07, 6.45) is -2.80. The van der Waals surface area contributed by atoms with Gasteiger partial charge in [0.05, 0.1) is 34.6 Å². The van der Waals surface area contributed by atoms with Crippen molar-refractivity contribution < 1.29 is 18.0 Å². The Bertz CT molecular complexity index is 939. The lowest BCUT2D eigenvalue weighted by molar-refractivity contribution is -0.137. The van der Waals surface area contributed by atoms with Crippen molar-refractivity contribution in [1.29, 1.82) is 0 Å². The predicted octanol–water partition coefficient (Wildman–Crippen LogP) is 3.40. The molecule has 0 radical (unpaired) electrons. The number of carbonyl (C=O) groups is 1. The molecular formula is C17H16ClF3N6O. The molecule has 1 aromatic heterocycles. The average molecular weight is 413 g/mol. The molecule has 11 heteroatoms. The van der Waals surface area contributed by atoms with E-state index in [4.69, 9.17) is 17.4 Å². The van der Waals surface area contributed by atoms with Crippen LogP contribution in [-0.2, 0) is 6.18 Å². The molecule has 7 nitrogen and oxygen atoms in total. The van der Waals surface area contributed by atoms with E-state index < -0.39 is 22.7 Å². The Labute approximate surface area is 163 Å². The Morgan fingerprint density at radius 1 is 1.36 bits per heavy atom. The average Bonchev–Trinajstić information content (AvgIpc) is 3.13. The fourth-order valence-corrected chi connectivity index (χ4v) is 3.25. The van der Waals surface area contributed by atoms with Gasteiger partial charge in [0.2, 0.25) is 0 Å². The lowest BCUT2D eigenvalue weighted by Crippen LogP contribution is -2.50. The summed E-state index contributed by atoms with van der Waals surface area (Å²) in [5.74, 6) is 5.32. The van der Waals surface area contributed by atoms with Crippen LogP contribution in [0, 0.1) is 0 Å². The van der Waals surface area contributed by atoms with E-state index in [0.717, 1.165) is 12.1 Å². The van der Waals surface area contributed by atoms with E-state index in [1.54, 1.807) is 13.0 Å². The second-order valence-electron chi connectivity index (χ2n) is 6.23. The molecule has 148 valence electrons. The highest BCUT2D eigenvalue weighted by atomic mass is 35.5. The molecule has 1 aliphatic rings. The molecule has 0 saturated carbocycles. The number of aromatic amines is 1. The third kappa shape index (κ3) is 3.86. The number of halogens is 4. The van der Waals surface area contributed by atoms with Crippen molar-refractivity contribution in [3.63, 3.8) is 0 Å². The van der Waals surface area contributed by atoms with Crippen LogP contribution in [0.15, 0.2) is 40.6 Å². The Morgan fingerprint density at radius 3 is 2.71 bits per heavy atom. The second kappa shape index (κ2) is 7.63. The molecule has 0 bridgehead atoms. The van der Waals surface area contributed by atoms with Crippen LogP contribution in [0.3, 0.4) is 0 Å². The van der Waals surface area contributed by atoms with E-state index >= 15 is 0 Å². The van der Waals surface area contributed by atoms with Crippen LogP contribution in [0.2, 0.25) is 5.02 Å². The highest BCUT2D eigenvalue weighted by Crippen LogP contribution is 2.37. The summed E-state index contributed by atoms with van der Waals surface area (Å²) < 4.78 is 39.3. The molecule has 3 rings (SSSR count). The zero-order valence-electron chi connectivity index (χ0n) is 14.7. The van der Waals surface area contributed by atoms with Gasteiger partial charge in [-0.05, 0) is 19.1 Å². The topological polar surface area (TPSA) is 99.7 Å². The number of rotatable bonds is 2. The minimum absolute atomic E-state index is 0.00392. The molecule has 2 heterocycles. The number of H-pyrrole nitrogens is 1. The van der Waals surface area contributed by atoms with Gasteiger partial charge in [-0.25, -0.2) is 4.99 Å². The van der Waals surface area contributed by atoms with Gasteiger partial charge in [0.15, 0.2) is 0 Å². The summed E-state index contributed by atoms with van der Waals surface area (Å²) in [6.45, 7) is 1.76. The molecule has 0 unspecified atom stereocenters. The maximum atomic E-state index is 13.1. The number of hydrogen-bond donors (Lipinski definition) is 2. The standard InChI is InChI=1S/C17H16ClF3N6O/c1-9-7-12(24-14-5-6-23-26-14)13(25-22)8-27(9)16(28)10-3-2-4-11(15(10)18)17(19,20)21/h2-6,9H,7-8,22H2,1H3,(H,23,26)/t9-/m1/s1. The minimum atomic E-state index is -4.66. The smallest absolute Gasteiger partial charge is 0.329 e. The molecule has 3 N–H and O–H groups in total. The molecule has 2 aromatic rings. The number of nitrogens with one attached hydrogen (secondary N) is 1. The minimum Gasteiger partial charge on any atom is -0.329 e. The number of likely N-dealkylation sites (tertiary alicyclic amines) is 1. The first-order valence-corrected chi connectivity index (χ1v) is 8.61. The predicted molar refractivity (Wildman–Crippen MR) is 98.9 cm³/mol. The molecule has 1 fully saturated rings. The Kier molecular flexibility index (Phi) is 5.41. The Morgan fingerprint density at radius 2 is 2.11 bits per heavy atom. The van der Waals surface area contributed by atoms with Crippen molar-refractivity contribution in [3.8, 4) is 0 Å². The lowest BCUT2D eigenvalue weighted by Gasteiger charge is -2.35. The molecule has 1 atom stereocenters. The number of amides is 1. The first-order chi connectivity index (χ1) is 13.2. The molecule has 1 aliphatic heterocycles. The lowest BCUT2D eigenvalue weighted by atomic mass is 9.98. The second-order valence-corrected chi connectivity index (χ2v) is 6.61. The van der Waals surface area contributed by atoms with Gasteiger partial charge in [0.25, 0.3) is 5.91 Å². The fraction of sp³-hybridized carbons (Fsp3) is 0.294. The molecule has 0 aliphatic carbocycles. The molecule has 0 spiro atoms. The summed E-state index contributed by atoms with van der Waals surface area (Å²) in [6, 6.07) is 4.55. The number of hydrogen-bond acceptors (Lipinski definition) is 5. The van der Waals surface area contributed by atoms with Crippen LogP contribution in [0.4, 0.5) is 19.0 Å². The molecule has 1 amide bonds. The van der Waals surface area contributed by atoms with Gasteiger partial charge in [0.1, 0.15) is 11.5 Å². The maximum Gasteiger partial charge on any atom is 0.417 e. The van der Waals surface area contributed by atoms with Crippen LogP contribution in [0.25, 0.3) is 0 Å². The number of aliphatic imine (C=N–C) groups is 1. The van der Waals surface area contributed by atoms with E-state index in [1.807, 2.05) is 0 Å². The summed E-state index contributed by atoms with van der Waals surface area (Å²) in [7, 11) is 0. The van der Waals surface area contributed by atoms with E-state index in [2.05, 4.69) is 20.3 Å². The van der Waals surface area contributed by atoms with Crippen LogP contribution < -0.4 is 5.84 Å². The molecule has 1 saturated heterocycles. The highest BCUT2D eigenvalue weighted by Gasteiger charge is 2.37. The summed E-state index contributed by atoms with van der Waals surface area (Å²) in [4.78, 5) is 18.7. The number of carbonyl (C=O) groups excluding carboxylic acids is 1. The van der Waals surface area contributed by atoms with Crippen LogP contribution in [0.1, 0.15) is 29.3 Å². The molecule has 1 aromatic carbocycles. The number of aromatic nitrogens is 2. The third-order valence-electron chi connectivity index (χ3n) is 4.37. The Balaban J connectivity index is 1.90.